The third-order valence-corrected chi connectivity index (χ3v) is 5.28. The number of H-pyrrole nitrogens is 1. The molecule has 4 rings (SSSR count). The number of aryl methyl sites for hydroxylation is 1. The second-order valence-corrected chi connectivity index (χ2v) is 7.08. The zero-order valence-electron chi connectivity index (χ0n) is 14.5. The van der Waals surface area contributed by atoms with Gasteiger partial charge in [-0.2, -0.15) is 0 Å². The maximum Gasteiger partial charge on any atom is 0.220 e. The maximum atomic E-state index is 12.4. The average Bonchev–Trinajstić information content (AvgIpc) is 3.27. The molecule has 0 saturated carbocycles. The van der Waals surface area contributed by atoms with Crippen LogP contribution in [-0.4, -0.2) is 59.2 Å². The van der Waals surface area contributed by atoms with Gasteiger partial charge in [-0.05, 0) is 38.1 Å². The SMILES string of the molecule is O=C(CCc1nc2ccccc2[nH]1)N[C@@H]1COC[C@H]1N1CCCCC1. The lowest BCUT2D eigenvalue weighted by Gasteiger charge is -2.34. The van der Waals surface area contributed by atoms with Crippen molar-refractivity contribution in [2.24, 2.45) is 0 Å². The number of para-hydroxylation sites is 2. The van der Waals surface area contributed by atoms with E-state index in [0.717, 1.165) is 36.6 Å². The van der Waals surface area contributed by atoms with E-state index in [1.807, 2.05) is 24.3 Å². The smallest absolute Gasteiger partial charge is 0.220 e. The Kier molecular flexibility index (Phi) is 4.99. The molecule has 2 aliphatic heterocycles. The van der Waals surface area contributed by atoms with Crippen molar-refractivity contribution >= 4 is 16.9 Å². The molecule has 134 valence electrons. The molecule has 0 unspecified atom stereocenters. The number of aromatic nitrogens is 2. The topological polar surface area (TPSA) is 70.2 Å². The number of aromatic amines is 1. The molecular weight excluding hydrogens is 316 g/mol. The number of imidazole rings is 1. The molecular formula is C19H26N4O2. The van der Waals surface area contributed by atoms with Crippen LogP contribution in [0, 0.1) is 0 Å². The zero-order chi connectivity index (χ0) is 17.1. The highest BCUT2D eigenvalue weighted by molar-refractivity contribution is 5.77. The first-order valence-electron chi connectivity index (χ1n) is 9.34. The summed E-state index contributed by atoms with van der Waals surface area (Å²) in [6.45, 7) is 3.60. The van der Waals surface area contributed by atoms with E-state index in [2.05, 4.69) is 20.2 Å². The summed E-state index contributed by atoms with van der Waals surface area (Å²) in [7, 11) is 0. The molecule has 2 saturated heterocycles. The van der Waals surface area contributed by atoms with Crippen LogP contribution in [0.15, 0.2) is 24.3 Å². The van der Waals surface area contributed by atoms with Gasteiger partial charge >= 0.3 is 0 Å². The van der Waals surface area contributed by atoms with Crippen LogP contribution in [0.2, 0.25) is 0 Å². The number of benzene rings is 1. The number of ether oxygens (including phenoxy) is 1. The average molecular weight is 342 g/mol. The lowest BCUT2D eigenvalue weighted by atomic mass is 10.0. The predicted octanol–water partition coefficient (Wildman–Crippen LogP) is 1.86. The monoisotopic (exact) mass is 342 g/mol. The van der Waals surface area contributed by atoms with E-state index < -0.39 is 0 Å². The number of carbonyl (C=O) groups is 1. The van der Waals surface area contributed by atoms with Crippen LogP contribution in [-0.2, 0) is 16.0 Å². The molecule has 6 heteroatoms. The third-order valence-electron chi connectivity index (χ3n) is 5.28. The van der Waals surface area contributed by atoms with E-state index in [4.69, 9.17) is 4.74 Å². The molecule has 2 atom stereocenters. The predicted molar refractivity (Wildman–Crippen MR) is 96.4 cm³/mol. The van der Waals surface area contributed by atoms with E-state index >= 15 is 0 Å². The van der Waals surface area contributed by atoms with Crippen molar-refractivity contribution in [3.63, 3.8) is 0 Å². The number of rotatable bonds is 5. The van der Waals surface area contributed by atoms with Crippen molar-refractivity contribution in [2.75, 3.05) is 26.3 Å². The number of nitrogens with one attached hydrogen (secondary N) is 2. The Hall–Kier alpha value is -1.92. The molecule has 6 nitrogen and oxygen atoms in total. The van der Waals surface area contributed by atoms with Gasteiger partial charge in [0.15, 0.2) is 0 Å². The van der Waals surface area contributed by atoms with Gasteiger partial charge in [0.25, 0.3) is 0 Å². The molecule has 0 radical (unpaired) electrons. The van der Waals surface area contributed by atoms with Crippen LogP contribution in [0.25, 0.3) is 11.0 Å². The van der Waals surface area contributed by atoms with E-state index in [-0.39, 0.29) is 11.9 Å². The summed E-state index contributed by atoms with van der Waals surface area (Å²) in [6.07, 6.45) is 4.90. The Morgan fingerprint density at radius 3 is 2.92 bits per heavy atom. The summed E-state index contributed by atoms with van der Waals surface area (Å²) >= 11 is 0. The lowest BCUT2D eigenvalue weighted by Crippen LogP contribution is -2.52. The van der Waals surface area contributed by atoms with Crippen LogP contribution in [0.3, 0.4) is 0 Å². The number of carbonyl (C=O) groups excluding carboxylic acids is 1. The highest BCUT2D eigenvalue weighted by Crippen LogP contribution is 2.19. The van der Waals surface area contributed by atoms with Crippen LogP contribution >= 0.6 is 0 Å². The summed E-state index contributed by atoms with van der Waals surface area (Å²) < 4.78 is 5.65. The van der Waals surface area contributed by atoms with Crippen LogP contribution in [0.1, 0.15) is 31.5 Å². The molecule has 2 N–H and O–H groups in total. The first kappa shape index (κ1) is 16.5. The number of hydrogen-bond donors (Lipinski definition) is 2. The fourth-order valence-corrected chi connectivity index (χ4v) is 3.93. The first-order chi connectivity index (χ1) is 12.3. The largest absolute Gasteiger partial charge is 0.378 e. The van der Waals surface area contributed by atoms with Crippen molar-refractivity contribution in [1.29, 1.82) is 0 Å². The van der Waals surface area contributed by atoms with Crippen molar-refractivity contribution in [2.45, 2.75) is 44.2 Å². The Labute approximate surface area is 147 Å². The van der Waals surface area contributed by atoms with Gasteiger partial charge < -0.3 is 15.0 Å². The number of amides is 1. The van der Waals surface area contributed by atoms with Gasteiger partial charge in [-0.3, -0.25) is 9.69 Å². The van der Waals surface area contributed by atoms with E-state index in [1.54, 1.807) is 0 Å². The summed E-state index contributed by atoms with van der Waals surface area (Å²) in [5, 5.41) is 3.18. The highest BCUT2D eigenvalue weighted by atomic mass is 16.5. The van der Waals surface area contributed by atoms with Crippen molar-refractivity contribution in [3.05, 3.63) is 30.1 Å². The van der Waals surface area contributed by atoms with Gasteiger partial charge in [0, 0.05) is 12.8 Å². The molecule has 1 aromatic carbocycles. The lowest BCUT2D eigenvalue weighted by molar-refractivity contribution is -0.122. The Bertz CT molecular complexity index is 690. The fourth-order valence-electron chi connectivity index (χ4n) is 3.93. The minimum Gasteiger partial charge on any atom is -0.378 e. The van der Waals surface area contributed by atoms with E-state index in [0.29, 0.717) is 25.5 Å². The van der Waals surface area contributed by atoms with Crippen LogP contribution in [0.5, 0.6) is 0 Å². The number of nitrogens with zero attached hydrogens (tertiary/aromatic N) is 2. The minimum atomic E-state index is 0.0814. The Morgan fingerprint density at radius 1 is 1.24 bits per heavy atom. The normalized spacial score (nSPS) is 24.6. The molecule has 0 aliphatic carbocycles. The summed E-state index contributed by atoms with van der Waals surface area (Å²) in [5.74, 6) is 0.949. The summed E-state index contributed by atoms with van der Waals surface area (Å²) in [5.41, 5.74) is 1.97. The first-order valence-corrected chi connectivity index (χ1v) is 9.34. The van der Waals surface area contributed by atoms with Crippen molar-refractivity contribution < 1.29 is 9.53 Å². The van der Waals surface area contributed by atoms with Gasteiger partial charge in [0.1, 0.15) is 5.82 Å². The molecule has 2 fully saturated rings. The van der Waals surface area contributed by atoms with E-state index in [9.17, 15) is 4.79 Å². The maximum absolute atomic E-state index is 12.4. The zero-order valence-corrected chi connectivity index (χ0v) is 14.5. The summed E-state index contributed by atoms with van der Waals surface area (Å²) in [6, 6.07) is 8.38. The quantitative estimate of drug-likeness (QED) is 0.870. The van der Waals surface area contributed by atoms with Gasteiger partial charge in [0.2, 0.25) is 5.91 Å². The molecule has 1 amide bonds. The van der Waals surface area contributed by atoms with Gasteiger partial charge in [-0.15, -0.1) is 0 Å². The van der Waals surface area contributed by atoms with Gasteiger partial charge in [0.05, 0.1) is 36.3 Å². The fraction of sp³-hybridized carbons (Fsp3) is 0.579. The molecule has 0 spiro atoms. The second-order valence-electron chi connectivity index (χ2n) is 7.08. The van der Waals surface area contributed by atoms with Gasteiger partial charge in [-0.1, -0.05) is 18.6 Å². The van der Waals surface area contributed by atoms with Crippen molar-refractivity contribution in [1.82, 2.24) is 20.2 Å². The van der Waals surface area contributed by atoms with Gasteiger partial charge in [-0.25, -0.2) is 4.98 Å². The highest BCUT2D eigenvalue weighted by Gasteiger charge is 2.34. The Morgan fingerprint density at radius 2 is 2.08 bits per heavy atom. The molecule has 25 heavy (non-hydrogen) atoms. The third kappa shape index (κ3) is 3.85. The molecule has 2 aliphatic rings. The van der Waals surface area contributed by atoms with Crippen LogP contribution in [0.4, 0.5) is 0 Å². The molecule has 2 aromatic rings. The standard InChI is InChI=1S/C19H26N4O2/c24-19(9-8-18-20-14-6-2-3-7-15(14)21-18)22-16-12-25-13-17(16)23-10-4-1-5-11-23/h2-3,6-7,16-17H,1,4-5,8-13H2,(H,20,21)(H,22,24)/t16-,17-/m1/s1. The Balaban J connectivity index is 1.30. The summed E-state index contributed by atoms with van der Waals surface area (Å²) in [4.78, 5) is 22.7. The molecule has 3 heterocycles. The second kappa shape index (κ2) is 7.54. The molecule has 1 aromatic heterocycles. The molecule has 0 bridgehead atoms. The number of likely N-dealkylation sites (tertiary alicyclic amines) is 1. The number of piperidine rings is 1. The number of fused-ring (bicyclic) bond motifs is 1. The van der Waals surface area contributed by atoms with Crippen LogP contribution < -0.4 is 5.32 Å². The van der Waals surface area contributed by atoms with Crippen molar-refractivity contribution in [3.8, 4) is 0 Å². The van der Waals surface area contributed by atoms with E-state index in [1.165, 1.54) is 19.3 Å². The number of hydrogen-bond acceptors (Lipinski definition) is 4. The minimum absolute atomic E-state index is 0.0814.